The molecule has 1 aromatic heterocycles. The molecule has 1 unspecified atom stereocenters. The number of aryl methyl sites for hydroxylation is 3. The second kappa shape index (κ2) is 8.12. The van der Waals surface area contributed by atoms with E-state index in [1.165, 1.54) is 14.0 Å². The minimum atomic E-state index is -4.01. The molecule has 0 bridgehead atoms. The minimum Gasteiger partial charge on any atom is -0.465 e. The molecule has 1 atom stereocenters. The highest BCUT2D eigenvalue weighted by molar-refractivity contribution is 7.94. The third-order valence-electron chi connectivity index (χ3n) is 4.30. The lowest BCUT2D eigenvalue weighted by Gasteiger charge is -2.26. The number of fused-ring (bicyclic) bond motifs is 1. The summed E-state index contributed by atoms with van der Waals surface area (Å²) >= 11 is 1.03. The van der Waals surface area contributed by atoms with Crippen LogP contribution >= 0.6 is 11.3 Å². The number of ether oxygens (including phenoxy) is 2. The molecular weight excluding hydrogens is 391 g/mol. The summed E-state index contributed by atoms with van der Waals surface area (Å²) in [6, 6.07) is 3.64. The summed E-state index contributed by atoms with van der Waals surface area (Å²) < 4.78 is 52.0. The molecular formula is C18H23FN2O4S2. The molecule has 0 fully saturated rings. The number of alkyl halides is 1. The fraction of sp³-hybridized carbons (Fsp3) is 0.500. The topological polar surface area (TPSA) is 68.7 Å². The standard InChI is InChI=1S/C18H23FN2O4S2/c1-12(19)9-21(27(22,23)18-20-13(2)10-26-18)16-7-14-5-4-6-15(14)8-17(16)25-11-24-3/h7-8,10,12H,4-6,9,11H2,1-3H3. The Morgan fingerprint density at radius 2 is 2.04 bits per heavy atom. The van der Waals surface area contributed by atoms with Crippen LogP contribution < -0.4 is 9.04 Å². The van der Waals surface area contributed by atoms with Gasteiger partial charge in [-0.25, -0.2) is 9.37 Å². The molecule has 1 aliphatic carbocycles. The van der Waals surface area contributed by atoms with Crippen molar-refractivity contribution in [1.29, 1.82) is 0 Å². The Labute approximate surface area is 163 Å². The fourth-order valence-electron chi connectivity index (χ4n) is 3.12. The molecule has 0 saturated heterocycles. The van der Waals surface area contributed by atoms with Gasteiger partial charge in [-0.2, -0.15) is 8.42 Å². The highest BCUT2D eigenvalue weighted by Crippen LogP contribution is 2.38. The molecule has 148 valence electrons. The highest BCUT2D eigenvalue weighted by Gasteiger charge is 2.32. The van der Waals surface area contributed by atoms with Gasteiger partial charge in [0.15, 0.2) is 6.79 Å². The second-order valence-electron chi connectivity index (χ2n) is 6.56. The molecule has 0 spiro atoms. The molecule has 2 aromatic rings. The van der Waals surface area contributed by atoms with Crippen LogP contribution in [0.4, 0.5) is 10.1 Å². The van der Waals surface area contributed by atoms with Crippen molar-refractivity contribution in [1.82, 2.24) is 4.98 Å². The van der Waals surface area contributed by atoms with Crippen LogP contribution in [0.5, 0.6) is 5.75 Å². The first kappa shape index (κ1) is 20.0. The largest absolute Gasteiger partial charge is 0.465 e. The van der Waals surface area contributed by atoms with E-state index in [2.05, 4.69) is 4.98 Å². The highest BCUT2D eigenvalue weighted by atomic mass is 32.2. The molecule has 27 heavy (non-hydrogen) atoms. The average molecular weight is 415 g/mol. The van der Waals surface area contributed by atoms with E-state index in [9.17, 15) is 12.8 Å². The number of aromatic nitrogens is 1. The Hall–Kier alpha value is -1.71. The SMILES string of the molecule is COCOc1cc2c(cc1N(CC(C)F)S(=O)(=O)c1nc(C)cs1)CCC2. The van der Waals surface area contributed by atoms with Crippen LogP contribution in [0.3, 0.4) is 0 Å². The smallest absolute Gasteiger partial charge is 0.291 e. The summed E-state index contributed by atoms with van der Waals surface area (Å²) in [6.07, 6.45) is 1.42. The van der Waals surface area contributed by atoms with E-state index in [0.717, 1.165) is 46.0 Å². The first-order valence-corrected chi connectivity index (χ1v) is 11.0. The number of thiazole rings is 1. The quantitative estimate of drug-likeness (QED) is 0.619. The van der Waals surface area contributed by atoms with Gasteiger partial charge in [0.2, 0.25) is 4.34 Å². The van der Waals surface area contributed by atoms with Crippen molar-refractivity contribution in [3.8, 4) is 5.75 Å². The van der Waals surface area contributed by atoms with Crippen LogP contribution in [0.1, 0.15) is 30.2 Å². The third-order valence-corrected chi connectivity index (χ3v) is 7.43. The maximum atomic E-state index is 14.0. The summed E-state index contributed by atoms with van der Waals surface area (Å²) in [5.74, 6) is 0.370. The lowest BCUT2D eigenvalue weighted by Crippen LogP contribution is -2.36. The van der Waals surface area contributed by atoms with Crippen molar-refractivity contribution in [3.05, 3.63) is 34.3 Å². The molecule has 0 radical (unpaired) electrons. The Balaban J connectivity index is 2.12. The van der Waals surface area contributed by atoms with Crippen molar-refractivity contribution in [2.45, 2.75) is 43.6 Å². The van der Waals surface area contributed by atoms with Gasteiger partial charge in [-0.15, -0.1) is 11.3 Å². The molecule has 0 saturated carbocycles. The van der Waals surface area contributed by atoms with Gasteiger partial charge in [0.05, 0.1) is 12.2 Å². The number of halogens is 1. The lowest BCUT2D eigenvalue weighted by molar-refractivity contribution is 0.0514. The van der Waals surface area contributed by atoms with Gasteiger partial charge >= 0.3 is 0 Å². The number of anilines is 1. The van der Waals surface area contributed by atoms with Crippen molar-refractivity contribution in [3.63, 3.8) is 0 Å². The van der Waals surface area contributed by atoms with Gasteiger partial charge in [0.25, 0.3) is 10.0 Å². The Morgan fingerprint density at radius 3 is 2.63 bits per heavy atom. The van der Waals surface area contributed by atoms with E-state index < -0.39 is 16.2 Å². The molecule has 0 N–H and O–H groups in total. The number of benzene rings is 1. The number of hydrogen-bond donors (Lipinski definition) is 0. The van der Waals surface area contributed by atoms with E-state index in [1.807, 2.05) is 6.07 Å². The van der Waals surface area contributed by atoms with E-state index >= 15 is 0 Å². The molecule has 0 aliphatic heterocycles. The zero-order valence-electron chi connectivity index (χ0n) is 15.6. The fourth-order valence-corrected chi connectivity index (χ4v) is 5.79. The van der Waals surface area contributed by atoms with Gasteiger partial charge in [0.1, 0.15) is 11.9 Å². The molecule has 9 heteroatoms. The summed E-state index contributed by atoms with van der Waals surface area (Å²) in [7, 11) is -2.52. The van der Waals surface area contributed by atoms with Crippen molar-refractivity contribution >= 4 is 27.0 Å². The summed E-state index contributed by atoms with van der Waals surface area (Å²) in [5.41, 5.74) is 3.12. The molecule has 1 heterocycles. The molecule has 1 aliphatic rings. The first-order valence-electron chi connectivity index (χ1n) is 8.69. The maximum Gasteiger partial charge on any atom is 0.291 e. The zero-order valence-corrected chi connectivity index (χ0v) is 17.2. The predicted molar refractivity (Wildman–Crippen MR) is 103 cm³/mol. The molecule has 1 aromatic carbocycles. The predicted octanol–water partition coefficient (Wildman–Crippen LogP) is 3.48. The zero-order chi connectivity index (χ0) is 19.6. The normalized spacial score (nSPS) is 14.8. The Kier molecular flexibility index (Phi) is 6.02. The van der Waals surface area contributed by atoms with E-state index in [0.29, 0.717) is 17.1 Å². The van der Waals surface area contributed by atoms with Crippen LogP contribution in [0.2, 0.25) is 0 Å². The van der Waals surface area contributed by atoms with Gasteiger partial charge in [0, 0.05) is 18.2 Å². The van der Waals surface area contributed by atoms with E-state index in [4.69, 9.17) is 9.47 Å². The average Bonchev–Trinajstić information content (AvgIpc) is 3.25. The van der Waals surface area contributed by atoms with E-state index in [-0.39, 0.29) is 17.7 Å². The summed E-state index contributed by atoms with van der Waals surface area (Å²) in [5, 5.41) is 1.66. The van der Waals surface area contributed by atoms with Crippen molar-refractivity contribution in [2.24, 2.45) is 0 Å². The van der Waals surface area contributed by atoms with Gasteiger partial charge < -0.3 is 9.47 Å². The van der Waals surface area contributed by atoms with Crippen molar-refractivity contribution < 1.29 is 22.3 Å². The lowest BCUT2D eigenvalue weighted by atomic mass is 10.1. The Morgan fingerprint density at radius 1 is 1.33 bits per heavy atom. The van der Waals surface area contributed by atoms with Crippen LogP contribution in [-0.4, -0.2) is 40.0 Å². The van der Waals surface area contributed by atoms with Gasteiger partial charge in [-0.05, 0) is 56.4 Å². The number of nitrogens with zero attached hydrogens (tertiary/aromatic N) is 2. The minimum absolute atomic E-state index is 0.0266. The van der Waals surface area contributed by atoms with Gasteiger partial charge in [-0.1, -0.05) is 0 Å². The molecule has 0 amide bonds. The van der Waals surface area contributed by atoms with Crippen LogP contribution in [-0.2, 0) is 27.6 Å². The molecule has 6 nitrogen and oxygen atoms in total. The van der Waals surface area contributed by atoms with Crippen molar-refractivity contribution in [2.75, 3.05) is 24.8 Å². The number of methoxy groups -OCH3 is 1. The van der Waals surface area contributed by atoms with E-state index in [1.54, 1.807) is 18.4 Å². The summed E-state index contributed by atoms with van der Waals surface area (Å²) in [4.78, 5) is 4.10. The summed E-state index contributed by atoms with van der Waals surface area (Å²) in [6.45, 7) is 2.71. The third kappa shape index (κ3) is 4.25. The maximum absolute atomic E-state index is 14.0. The Bertz CT molecular complexity index is 912. The van der Waals surface area contributed by atoms with Crippen LogP contribution in [0.25, 0.3) is 0 Å². The van der Waals surface area contributed by atoms with Crippen LogP contribution in [0, 0.1) is 6.92 Å². The first-order chi connectivity index (χ1) is 12.8. The van der Waals surface area contributed by atoms with Crippen LogP contribution in [0.15, 0.2) is 21.9 Å². The molecule has 3 rings (SSSR count). The monoisotopic (exact) mass is 414 g/mol. The number of hydrogen-bond acceptors (Lipinski definition) is 6. The number of sulfonamides is 1. The number of rotatable bonds is 8. The van der Waals surface area contributed by atoms with Gasteiger partial charge in [-0.3, -0.25) is 4.31 Å². The second-order valence-corrected chi connectivity index (χ2v) is 9.46.